The van der Waals surface area contributed by atoms with Gasteiger partial charge in [-0.3, -0.25) is 9.78 Å². The monoisotopic (exact) mass is 417 g/mol. The largest absolute Gasteiger partial charge is 0.361 e. The maximum Gasteiger partial charge on any atom is 0.230 e. The van der Waals surface area contributed by atoms with Crippen LogP contribution in [0.4, 0.5) is 5.13 Å². The standard InChI is InChI=1S/C21H15N5OS2/c27-19(11-13-12-23-16-7-3-1-5-14(13)16)24-20-25-26-21(29-20)28-18-9-10-22-17-8-4-2-6-15(17)18/h1-10,12,23H,11H2,(H,24,25,27). The number of hydrogen-bond donors (Lipinski definition) is 2. The van der Waals surface area contributed by atoms with E-state index in [2.05, 4.69) is 25.5 Å². The van der Waals surface area contributed by atoms with Crippen LogP contribution in [0.25, 0.3) is 21.8 Å². The molecule has 0 saturated heterocycles. The van der Waals surface area contributed by atoms with Gasteiger partial charge in [0.15, 0.2) is 4.34 Å². The highest BCUT2D eigenvalue weighted by atomic mass is 32.2. The van der Waals surface area contributed by atoms with Crippen molar-refractivity contribution in [1.82, 2.24) is 20.2 Å². The van der Waals surface area contributed by atoms with Crippen LogP contribution in [-0.2, 0) is 11.2 Å². The van der Waals surface area contributed by atoms with Crippen LogP contribution < -0.4 is 5.32 Å². The Hall–Kier alpha value is -3.23. The summed E-state index contributed by atoms with van der Waals surface area (Å²) in [6.07, 6.45) is 3.94. The van der Waals surface area contributed by atoms with Gasteiger partial charge in [0.25, 0.3) is 0 Å². The number of carbonyl (C=O) groups excluding carboxylic acids is 1. The summed E-state index contributed by atoms with van der Waals surface area (Å²) in [6, 6.07) is 17.9. The number of rotatable bonds is 5. The topological polar surface area (TPSA) is 83.6 Å². The van der Waals surface area contributed by atoms with Crippen LogP contribution in [-0.4, -0.2) is 26.1 Å². The van der Waals surface area contributed by atoms with Gasteiger partial charge in [-0.25, -0.2) is 0 Å². The minimum atomic E-state index is -0.114. The number of H-pyrrole nitrogens is 1. The van der Waals surface area contributed by atoms with Crippen molar-refractivity contribution in [2.75, 3.05) is 5.32 Å². The van der Waals surface area contributed by atoms with E-state index in [-0.39, 0.29) is 12.3 Å². The minimum Gasteiger partial charge on any atom is -0.361 e. The van der Waals surface area contributed by atoms with Crippen molar-refractivity contribution in [2.45, 2.75) is 15.7 Å². The third kappa shape index (κ3) is 3.72. The smallest absolute Gasteiger partial charge is 0.230 e. The molecule has 0 atom stereocenters. The predicted octanol–water partition coefficient (Wildman–Crippen LogP) is 4.90. The normalized spacial score (nSPS) is 11.2. The summed E-state index contributed by atoms with van der Waals surface area (Å²) in [5, 5.41) is 13.8. The average Bonchev–Trinajstić information content (AvgIpc) is 3.35. The Morgan fingerprint density at radius 3 is 2.79 bits per heavy atom. The molecular weight excluding hydrogens is 402 g/mol. The van der Waals surface area contributed by atoms with Gasteiger partial charge in [0, 0.05) is 33.6 Å². The number of para-hydroxylation sites is 2. The van der Waals surface area contributed by atoms with E-state index in [1.54, 1.807) is 6.20 Å². The number of aromatic nitrogens is 4. The number of carbonyl (C=O) groups is 1. The second-order valence-electron chi connectivity index (χ2n) is 6.39. The Balaban J connectivity index is 1.29. The number of pyridine rings is 1. The summed E-state index contributed by atoms with van der Waals surface area (Å²) in [5.74, 6) is -0.114. The van der Waals surface area contributed by atoms with E-state index in [1.807, 2.05) is 60.8 Å². The summed E-state index contributed by atoms with van der Waals surface area (Å²) < 4.78 is 0.767. The SMILES string of the molecule is O=C(Cc1c[nH]c2ccccc12)Nc1nnc(Sc2ccnc3ccccc23)s1. The molecule has 2 N–H and O–H groups in total. The van der Waals surface area contributed by atoms with E-state index >= 15 is 0 Å². The highest BCUT2D eigenvalue weighted by Gasteiger charge is 2.13. The van der Waals surface area contributed by atoms with E-state index in [0.29, 0.717) is 5.13 Å². The van der Waals surface area contributed by atoms with Gasteiger partial charge in [0.05, 0.1) is 11.9 Å². The lowest BCUT2D eigenvalue weighted by Crippen LogP contribution is -2.14. The van der Waals surface area contributed by atoms with Crippen molar-refractivity contribution in [1.29, 1.82) is 0 Å². The first-order chi connectivity index (χ1) is 14.3. The highest BCUT2D eigenvalue weighted by Crippen LogP contribution is 2.35. The second kappa shape index (κ2) is 7.65. The molecule has 3 heterocycles. The van der Waals surface area contributed by atoms with E-state index in [9.17, 15) is 4.79 Å². The zero-order valence-corrected chi connectivity index (χ0v) is 16.8. The molecule has 5 aromatic rings. The number of hydrogen-bond acceptors (Lipinski definition) is 6. The van der Waals surface area contributed by atoms with Crippen molar-refractivity contribution in [3.05, 3.63) is 72.6 Å². The summed E-state index contributed by atoms with van der Waals surface area (Å²) in [6.45, 7) is 0. The molecule has 8 heteroatoms. The number of aromatic amines is 1. The summed E-state index contributed by atoms with van der Waals surface area (Å²) in [4.78, 5) is 21.1. The zero-order valence-electron chi connectivity index (χ0n) is 15.1. The number of nitrogens with one attached hydrogen (secondary N) is 2. The Kier molecular flexibility index (Phi) is 4.71. The van der Waals surface area contributed by atoms with Crippen LogP contribution in [0.15, 0.2) is 76.2 Å². The molecule has 6 nitrogen and oxygen atoms in total. The molecule has 1 amide bonds. The Bertz CT molecular complexity index is 1320. The Labute approximate surface area is 174 Å². The predicted molar refractivity (Wildman–Crippen MR) is 116 cm³/mol. The van der Waals surface area contributed by atoms with Crippen LogP contribution >= 0.6 is 23.1 Å². The first-order valence-electron chi connectivity index (χ1n) is 8.96. The molecule has 0 aliphatic heterocycles. The van der Waals surface area contributed by atoms with Crippen molar-refractivity contribution in [3.8, 4) is 0 Å². The highest BCUT2D eigenvalue weighted by molar-refractivity contribution is 8.01. The average molecular weight is 418 g/mol. The quantitative estimate of drug-likeness (QED) is 0.397. The zero-order chi connectivity index (χ0) is 19.6. The molecular formula is C21H15N5OS2. The van der Waals surface area contributed by atoms with Crippen LogP contribution in [0.1, 0.15) is 5.56 Å². The van der Waals surface area contributed by atoms with Gasteiger partial charge >= 0.3 is 0 Å². The molecule has 2 aromatic carbocycles. The maximum absolute atomic E-state index is 12.5. The van der Waals surface area contributed by atoms with Gasteiger partial charge < -0.3 is 10.3 Å². The fourth-order valence-corrected chi connectivity index (χ4v) is 5.02. The van der Waals surface area contributed by atoms with E-state index in [0.717, 1.165) is 36.6 Å². The van der Waals surface area contributed by atoms with E-state index in [4.69, 9.17) is 0 Å². The van der Waals surface area contributed by atoms with Crippen LogP contribution in [0.3, 0.4) is 0 Å². The van der Waals surface area contributed by atoms with Crippen LogP contribution in [0, 0.1) is 0 Å². The van der Waals surface area contributed by atoms with Gasteiger partial charge in [0.2, 0.25) is 11.0 Å². The number of benzene rings is 2. The fourth-order valence-electron chi connectivity index (χ4n) is 3.17. The van der Waals surface area contributed by atoms with Gasteiger partial charge in [-0.2, -0.15) is 0 Å². The van der Waals surface area contributed by atoms with Gasteiger partial charge in [-0.05, 0) is 23.8 Å². The molecule has 3 aromatic heterocycles. The number of amides is 1. The Morgan fingerprint density at radius 2 is 1.86 bits per heavy atom. The van der Waals surface area contributed by atoms with Crippen LogP contribution in [0.2, 0.25) is 0 Å². The molecule has 29 heavy (non-hydrogen) atoms. The molecule has 5 rings (SSSR count). The third-order valence-corrected chi connectivity index (χ3v) is 6.45. The number of anilines is 1. The first kappa shape index (κ1) is 17.8. The van der Waals surface area contributed by atoms with Crippen molar-refractivity contribution < 1.29 is 4.79 Å². The summed E-state index contributed by atoms with van der Waals surface area (Å²) in [5.41, 5.74) is 2.92. The van der Waals surface area contributed by atoms with Crippen molar-refractivity contribution in [3.63, 3.8) is 0 Å². The summed E-state index contributed by atoms with van der Waals surface area (Å²) in [7, 11) is 0. The molecule has 0 spiro atoms. The number of nitrogens with zero attached hydrogens (tertiary/aromatic N) is 3. The van der Waals surface area contributed by atoms with Crippen LogP contribution in [0.5, 0.6) is 0 Å². The van der Waals surface area contributed by atoms with Gasteiger partial charge in [-0.1, -0.05) is 59.5 Å². The van der Waals surface area contributed by atoms with Crippen molar-refractivity contribution >= 4 is 55.9 Å². The Morgan fingerprint density at radius 1 is 1.03 bits per heavy atom. The lowest BCUT2D eigenvalue weighted by molar-refractivity contribution is -0.115. The van der Waals surface area contributed by atoms with E-state index < -0.39 is 0 Å². The molecule has 0 saturated carbocycles. The molecule has 0 aliphatic carbocycles. The van der Waals surface area contributed by atoms with Crippen molar-refractivity contribution in [2.24, 2.45) is 0 Å². The minimum absolute atomic E-state index is 0.114. The molecule has 0 fully saturated rings. The number of fused-ring (bicyclic) bond motifs is 2. The molecule has 0 aliphatic rings. The van der Waals surface area contributed by atoms with E-state index in [1.165, 1.54) is 23.1 Å². The third-order valence-electron chi connectivity index (χ3n) is 4.49. The first-order valence-corrected chi connectivity index (χ1v) is 10.6. The fraction of sp³-hybridized carbons (Fsp3) is 0.0476. The molecule has 0 unspecified atom stereocenters. The summed E-state index contributed by atoms with van der Waals surface area (Å²) >= 11 is 2.88. The molecule has 0 radical (unpaired) electrons. The maximum atomic E-state index is 12.5. The molecule has 0 bridgehead atoms. The van der Waals surface area contributed by atoms with Gasteiger partial charge in [0.1, 0.15) is 0 Å². The molecule has 142 valence electrons. The van der Waals surface area contributed by atoms with Gasteiger partial charge in [-0.15, -0.1) is 10.2 Å². The lowest BCUT2D eigenvalue weighted by atomic mass is 10.1. The second-order valence-corrected chi connectivity index (χ2v) is 8.65. The lowest BCUT2D eigenvalue weighted by Gasteiger charge is -2.02.